The average Bonchev–Trinajstić information content (AvgIpc) is 2.88. The highest BCUT2D eigenvalue weighted by molar-refractivity contribution is 5.97. The van der Waals surface area contributed by atoms with Crippen molar-refractivity contribution in [2.24, 2.45) is 5.41 Å². The van der Waals surface area contributed by atoms with Crippen molar-refractivity contribution in [3.8, 4) is 11.8 Å². The molecule has 0 radical (unpaired) electrons. The molecule has 196 valence electrons. The number of carbonyl (C=O) groups is 2. The molecule has 8 heteroatoms. The van der Waals surface area contributed by atoms with E-state index in [-0.39, 0.29) is 35.5 Å². The molecule has 3 atom stereocenters. The van der Waals surface area contributed by atoms with Crippen molar-refractivity contribution >= 4 is 11.8 Å². The van der Waals surface area contributed by atoms with E-state index in [1.807, 2.05) is 7.05 Å². The average molecular weight is 498 g/mol. The minimum atomic E-state index is -0.268. The van der Waals surface area contributed by atoms with E-state index in [0.717, 1.165) is 44.9 Å². The molecule has 1 aromatic carbocycles. The number of likely N-dealkylation sites (N-methyl/N-ethyl adjacent to an activating group) is 1. The molecule has 0 unspecified atom stereocenters. The van der Waals surface area contributed by atoms with E-state index < -0.39 is 0 Å². The molecule has 8 nitrogen and oxygen atoms in total. The van der Waals surface area contributed by atoms with Gasteiger partial charge in [-0.05, 0) is 43.2 Å². The summed E-state index contributed by atoms with van der Waals surface area (Å²) >= 11 is 0. The second-order valence-corrected chi connectivity index (χ2v) is 10.8. The second kappa shape index (κ2) is 11.6. The monoisotopic (exact) mass is 497 g/mol. The van der Waals surface area contributed by atoms with Crippen molar-refractivity contribution in [3.05, 3.63) is 29.3 Å². The van der Waals surface area contributed by atoms with Gasteiger partial charge >= 0.3 is 0 Å². The number of hydrogen-bond acceptors (Lipinski definition) is 6. The summed E-state index contributed by atoms with van der Waals surface area (Å²) in [6.07, 6.45) is 7.47. The summed E-state index contributed by atoms with van der Waals surface area (Å²) in [6.45, 7) is 1.29. The standard InChI is InChI=1S/C28H39N3O5/c1-30-18-24-23(34-3)11-10-21(36-24)12-15-35-26-20(17-29)8-7-9-22(26)27(33)31(2)19-28(16-25(30)32)13-5-4-6-14-28/h7-9,21,23-24H,4-6,10-16,18-19H2,1-3H3/t21-,23+,24+/m0/s1. The number of ether oxygens (including phenoxy) is 3. The summed E-state index contributed by atoms with van der Waals surface area (Å²) in [5.41, 5.74) is 0.469. The summed E-state index contributed by atoms with van der Waals surface area (Å²) in [7, 11) is 5.34. The third kappa shape index (κ3) is 5.84. The Bertz CT molecular complexity index is 984. The fourth-order valence-corrected chi connectivity index (χ4v) is 6.12. The molecule has 1 saturated carbocycles. The number of carbonyl (C=O) groups excluding carboxylic acids is 2. The van der Waals surface area contributed by atoms with E-state index in [1.54, 1.807) is 42.2 Å². The van der Waals surface area contributed by atoms with E-state index in [0.29, 0.717) is 49.4 Å². The molecule has 2 fully saturated rings. The first-order valence-corrected chi connectivity index (χ1v) is 13.2. The van der Waals surface area contributed by atoms with Gasteiger partial charge in [-0.1, -0.05) is 25.3 Å². The second-order valence-electron chi connectivity index (χ2n) is 10.8. The van der Waals surface area contributed by atoms with Gasteiger partial charge in [0.15, 0.2) is 0 Å². The lowest BCUT2D eigenvalue weighted by atomic mass is 9.71. The number of amides is 2. The molecular weight excluding hydrogens is 458 g/mol. The third-order valence-electron chi connectivity index (χ3n) is 8.15. The minimum Gasteiger partial charge on any atom is -0.491 e. The van der Waals surface area contributed by atoms with Crippen molar-refractivity contribution in [1.82, 2.24) is 9.80 Å². The Morgan fingerprint density at radius 2 is 1.86 bits per heavy atom. The van der Waals surface area contributed by atoms with Gasteiger partial charge in [-0.25, -0.2) is 0 Å². The Morgan fingerprint density at radius 1 is 1.08 bits per heavy atom. The van der Waals surface area contributed by atoms with Crippen LogP contribution in [0.25, 0.3) is 0 Å². The lowest BCUT2D eigenvalue weighted by Gasteiger charge is -2.42. The summed E-state index contributed by atoms with van der Waals surface area (Å²) in [5, 5.41) is 9.70. The fraction of sp³-hybridized carbons (Fsp3) is 0.679. The summed E-state index contributed by atoms with van der Waals surface area (Å²) in [4.78, 5) is 30.6. The molecule has 0 N–H and O–H groups in total. The Labute approximate surface area is 214 Å². The molecule has 1 aromatic rings. The molecule has 4 rings (SSSR count). The molecule has 1 saturated heterocycles. The summed E-state index contributed by atoms with van der Waals surface area (Å²) in [6, 6.07) is 7.30. The first kappa shape index (κ1) is 26.4. The first-order valence-electron chi connectivity index (χ1n) is 13.2. The van der Waals surface area contributed by atoms with Crippen LogP contribution in [-0.2, 0) is 14.3 Å². The highest BCUT2D eigenvalue weighted by atomic mass is 16.5. The number of nitriles is 1. The van der Waals surface area contributed by atoms with E-state index >= 15 is 0 Å². The zero-order valence-electron chi connectivity index (χ0n) is 21.8. The van der Waals surface area contributed by atoms with Crippen LogP contribution in [0.15, 0.2) is 18.2 Å². The van der Waals surface area contributed by atoms with Crippen LogP contribution in [0.1, 0.15) is 73.7 Å². The largest absolute Gasteiger partial charge is 0.491 e. The van der Waals surface area contributed by atoms with Crippen LogP contribution in [0.5, 0.6) is 5.75 Å². The number of hydrogen-bond donors (Lipinski definition) is 0. The molecule has 3 aliphatic rings. The summed E-state index contributed by atoms with van der Waals surface area (Å²) < 4.78 is 18.2. The van der Waals surface area contributed by atoms with Crippen molar-refractivity contribution < 1.29 is 23.8 Å². The maximum absolute atomic E-state index is 13.6. The van der Waals surface area contributed by atoms with Crippen LogP contribution < -0.4 is 4.74 Å². The van der Waals surface area contributed by atoms with Crippen LogP contribution in [0.2, 0.25) is 0 Å². The molecule has 1 aliphatic carbocycles. The number of benzene rings is 1. The molecule has 2 heterocycles. The van der Waals surface area contributed by atoms with Gasteiger partial charge in [-0.15, -0.1) is 0 Å². The van der Waals surface area contributed by atoms with Gasteiger partial charge in [-0.2, -0.15) is 5.26 Å². The van der Waals surface area contributed by atoms with Gasteiger partial charge in [0.1, 0.15) is 17.9 Å². The van der Waals surface area contributed by atoms with E-state index in [9.17, 15) is 14.9 Å². The van der Waals surface area contributed by atoms with Gasteiger partial charge in [0.2, 0.25) is 5.91 Å². The molecule has 2 amide bonds. The van der Waals surface area contributed by atoms with Crippen molar-refractivity contribution in [3.63, 3.8) is 0 Å². The zero-order chi connectivity index (χ0) is 25.7. The highest BCUT2D eigenvalue weighted by Crippen LogP contribution is 2.41. The molecule has 36 heavy (non-hydrogen) atoms. The predicted molar refractivity (Wildman–Crippen MR) is 135 cm³/mol. The van der Waals surface area contributed by atoms with Gasteiger partial charge in [0.25, 0.3) is 5.91 Å². The molecular formula is C28H39N3O5. The molecule has 0 aromatic heterocycles. The first-order chi connectivity index (χ1) is 17.4. The maximum atomic E-state index is 13.6. The Kier molecular flexibility index (Phi) is 8.53. The molecule has 1 spiro atoms. The smallest absolute Gasteiger partial charge is 0.257 e. The van der Waals surface area contributed by atoms with E-state index in [2.05, 4.69) is 6.07 Å². The zero-order valence-corrected chi connectivity index (χ0v) is 21.8. The number of para-hydroxylation sites is 1. The predicted octanol–water partition coefficient (Wildman–Crippen LogP) is 3.77. The fourth-order valence-electron chi connectivity index (χ4n) is 6.12. The SMILES string of the molecule is CO[C@@H]1CC[C@H]2CCOc3c(C#N)cccc3C(=O)N(C)CC3(CCCCC3)CC(=O)N(C)C[C@H]1O2. The third-order valence-corrected chi connectivity index (χ3v) is 8.15. The molecule has 2 aliphatic heterocycles. The number of methoxy groups -OCH3 is 1. The topological polar surface area (TPSA) is 92.1 Å². The normalized spacial score (nSPS) is 27.8. The van der Waals surface area contributed by atoms with Crippen LogP contribution in [0, 0.1) is 16.7 Å². The lowest BCUT2D eigenvalue weighted by Crippen LogP contribution is -2.49. The quantitative estimate of drug-likeness (QED) is 0.587. The Balaban J connectivity index is 1.68. The van der Waals surface area contributed by atoms with Crippen LogP contribution in [-0.4, -0.2) is 80.8 Å². The van der Waals surface area contributed by atoms with Gasteiger partial charge in [0, 0.05) is 47.1 Å². The van der Waals surface area contributed by atoms with Crippen LogP contribution in [0.4, 0.5) is 0 Å². The highest BCUT2D eigenvalue weighted by Gasteiger charge is 2.39. The van der Waals surface area contributed by atoms with Crippen molar-refractivity contribution in [2.75, 3.05) is 40.9 Å². The number of fused-ring (bicyclic) bond motifs is 3. The number of rotatable bonds is 1. The van der Waals surface area contributed by atoms with Crippen LogP contribution in [0.3, 0.4) is 0 Å². The van der Waals surface area contributed by atoms with Crippen molar-refractivity contribution in [1.29, 1.82) is 5.26 Å². The summed E-state index contributed by atoms with van der Waals surface area (Å²) in [5.74, 6) is 0.234. The van der Waals surface area contributed by atoms with Gasteiger partial charge < -0.3 is 24.0 Å². The van der Waals surface area contributed by atoms with E-state index in [4.69, 9.17) is 14.2 Å². The lowest BCUT2D eigenvalue weighted by molar-refractivity contribution is -0.152. The van der Waals surface area contributed by atoms with Crippen LogP contribution >= 0.6 is 0 Å². The minimum absolute atomic E-state index is 0.0430. The molecule has 2 bridgehead atoms. The van der Waals surface area contributed by atoms with E-state index in [1.165, 1.54) is 0 Å². The van der Waals surface area contributed by atoms with Crippen molar-refractivity contribution in [2.45, 2.75) is 76.1 Å². The Morgan fingerprint density at radius 3 is 2.58 bits per heavy atom. The van der Waals surface area contributed by atoms with Gasteiger partial charge in [-0.3, -0.25) is 9.59 Å². The Hall–Kier alpha value is -2.63. The number of nitrogens with zero attached hydrogens (tertiary/aromatic N) is 3. The van der Waals surface area contributed by atoms with Gasteiger partial charge in [0.05, 0.1) is 29.9 Å². The maximum Gasteiger partial charge on any atom is 0.257 e.